The van der Waals surface area contributed by atoms with Crippen molar-refractivity contribution in [2.75, 3.05) is 12.4 Å². The summed E-state index contributed by atoms with van der Waals surface area (Å²) in [6, 6.07) is 9.57. The molecule has 0 bridgehead atoms. The Morgan fingerprint density at radius 1 is 1.17 bits per heavy atom. The number of hydrogen-bond acceptors (Lipinski definition) is 6. The number of anilines is 1. The molecule has 1 radical (unpaired) electrons. The van der Waals surface area contributed by atoms with Crippen molar-refractivity contribution in [2.24, 2.45) is 5.92 Å². The fraction of sp³-hybridized carbons (Fsp3) is 0.435. The van der Waals surface area contributed by atoms with Crippen LogP contribution in [0.4, 0.5) is 5.82 Å². The van der Waals surface area contributed by atoms with E-state index in [0.29, 0.717) is 17.9 Å². The molecule has 1 fully saturated rings. The van der Waals surface area contributed by atoms with E-state index in [1.165, 1.54) is 5.56 Å². The van der Waals surface area contributed by atoms with Crippen LogP contribution in [-0.2, 0) is 5.41 Å². The predicted octanol–water partition coefficient (Wildman–Crippen LogP) is 3.06. The SMILES string of the molecule is [CH2][C@@H]1C[C@@H](Nc2ccnc3cc(-c4cc(C(C)(C)C)ccc4OC)nn23)[C@H](O)[C@@H]1O. The molecule has 0 aliphatic heterocycles. The van der Waals surface area contributed by atoms with Gasteiger partial charge in [-0.05, 0) is 48.4 Å². The number of hydrogen-bond donors (Lipinski definition) is 3. The first-order valence-electron chi connectivity index (χ1n) is 10.2. The van der Waals surface area contributed by atoms with Crippen LogP contribution >= 0.6 is 0 Å². The molecule has 1 aliphatic rings. The molecule has 159 valence electrons. The number of benzene rings is 1. The molecular formula is C23H29N4O3. The second-order valence-corrected chi connectivity index (χ2v) is 9.02. The highest BCUT2D eigenvalue weighted by atomic mass is 16.5. The molecule has 1 saturated carbocycles. The van der Waals surface area contributed by atoms with Crippen LogP contribution in [0.1, 0.15) is 32.8 Å². The van der Waals surface area contributed by atoms with Crippen LogP contribution in [0.2, 0.25) is 0 Å². The zero-order chi connectivity index (χ0) is 21.6. The van der Waals surface area contributed by atoms with Gasteiger partial charge in [-0.3, -0.25) is 0 Å². The first-order valence-corrected chi connectivity index (χ1v) is 10.2. The quantitative estimate of drug-likeness (QED) is 0.613. The molecule has 2 heterocycles. The largest absolute Gasteiger partial charge is 0.496 e. The third kappa shape index (κ3) is 3.63. The molecule has 3 N–H and O–H groups in total. The van der Waals surface area contributed by atoms with E-state index in [4.69, 9.17) is 9.84 Å². The van der Waals surface area contributed by atoms with Crippen LogP contribution in [0, 0.1) is 12.8 Å². The fourth-order valence-electron chi connectivity index (χ4n) is 3.97. The minimum atomic E-state index is -0.880. The highest BCUT2D eigenvalue weighted by Crippen LogP contribution is 2.35. The van der Waals surface area contributed by atoms with E-state index in [0.717, 1.165) is 17.0 Å². The van der Waals surface area contributed by atoms with Gasteiger partial charge < -0.3 is 20.3 Å². The molecule has 1 aromatic carbocycles. The van der Waals surface area contributed by atoms with Crippen LogP contribution in [-0.4, -0.2) is 50.2 Å². The average molecular weight is 410 g/mol. The van der Waals surface area contributed by atoms with Gasteiger partial charge in [-0.25, -0.2) is 4.98 Å². The molecule has 3 aromatic rings. The van der Waals surface area contributed by atoms with Crippen molar-refractivity contribution in [1.82, 2.24) is 14.6 Å². The minimum absolute atomic E-state index is 0.00464. The van der Waals surface area contributed by atoms with Gasteiger partial charge in [0.2, 0.25) is 0 Å². The lowest BCUT2D eigenvalue weighted by Crippen LogP contribution is -2.35. The lowest BCUT2D eigenvalue weighted by Gasteiger charge is -2.20. The number of methoxy groups -OCH3 is 1. The molecule has 30 heavy (non-hydrogen) atoms. The van der Waals surface area contributed by atoms with Gasteiger partial charge in [-0.1, -0.05) is 26.8 Å². The van der Waals surface area contributed by atoms with Gasteiger partial charge in [0.15, 0.2) is 5.65 Å². The Balaban J connectivity index is 1.74. The molecule has 0 saturated heterocycles. The maximum atomic E-state index is 10.3. The highest BCUT2D eigenvalue weighted by Gasteiger charge is 2.39. The van der Waals surface area contributed by atoms with Gasteiger partial charge in [-0.2, -0.15) is 9.61 Å². The summed E-state index contributed by atoms with van der Waals surface area (Å²) in [4.78, 5) is 4.43. The Morgan fingerprint density at radius 3 is 2.57 bits per heavy atom. The summed E-state index contributed by atoms with van der Waals surface area (Å²) in [7, 11) is 1.65. The van der Waals surface area contributed by atoms with Gasteiger partial charge in [0.25, 0.3) is 0 Å². The second kappa shape index (κ2) is 7.56. The number of nitrogens with one attached hydrogen (secondary N) is 1. The molecular weight excluding hydrogens is 380 g/mol. The molecule has 1 aliphatic carbocycles. The first-order chi connectivity index (χ1) is 14.2. The molecule has 0 unspecified atom stereocenters. The summed E-state index contributed by atoms with van der Waals surface area (Å²) < 4.78 is 7.30. The first kappa shape index (κ1) is 20.6. The molecule has 2 aromatic heterocycles. The van der Waals surface area contributed by atoms with Crippen LogP contribution in [0.5, 0.6) is 5.75 Å². The topological polar surface area (TPSA) is 91.9 Å². The van der Waals surface area contributed by atoms with E-state index in [9.17, 15) is 10.2 Å². The molecule has 7 heteroatoms. The summed E-state index contributed by atoms with van der Waals surface area (Å²) in [5, 5.41) is 28.4. The van der Waals surface area contributed by atoms with Crippen molar-refractivity contribution >= 4 is 11.5 Å². The lowest BCUT2D eigenvalue weighted by atomic mass is 9.85. The number of aromatic nitrogens is 3. The van der Waals surface area contributed by atoms with Crippen molar-refractivity contribution in [3.8, 4) is 17.0 Å². The van der Waals surface area contributed by atoms with E-state index in [-0.39, 0.29) is 17.4 Å². The van der Waals surface area contributed by atoms with Crippen LogP contribution in [0.3, 0.4) is 0 Å². The molecule has 4 rings (SSSR count). The monoisotopic (exact) mass is 409 g/mol. The smallest absolute Gasteiger partial charge is 0.157 e. The fourth-order valence-corrected chi connectivity index (χ4v) is 3.97. The Hall–Kier alpha value is -2.64. The van der Waals surface area contributed by atoms with Gasteiger partial charge >= 0.3 is 0 Å². The van der Waals surface area contributed by atoms with Crippen molar-refractivity contribution in [1.29, 1.82) is 0 Å². The molecule has 0 amide bonds. The number of rotatable bonds is 4. The standard InChI is InChI=1S/C23H29N4O3/c1-13-10-17(22(29)21(13)28)25-19-8-9-24-20-12-16(26-27(19)20)15-11-14(23(2,3)4)6-7-18(15)30-5/h6-9,11-13,17,21-22,25,28-29H,1,10H2,2-5H3/t13-,17-,21-,22+/m1/s1. The number of fused-ring (bicyclic) bond motifs is 1. The van der Waals surface area contributed by atoms with Crippen LogP contribution < -0.4 is 10.1 Å². The summed E-state index contributed by atoms with van der Waals surface area (Å²) >= 11 is 0. The van der Waals surface area contributed by atoms with Crippen molar-refractivity contribution in [2.45, 2.75) is 50.9 Å². The number of aliphatic hydroxyl groups is 2. The van der Waals surface area contributed by atoms with Gasteiger partial charge in [0, 0.05) is 17.8 Å². The second-order valence-electron chi connectivity index (χ2n) is 9.02. The Morgan fingerprint density at radius 2 is 1.93 bits per heavy atom. The lowest BCUT2D eigenvalue weighted by molar-refractivity contribution is 0.0256. The summed E-state index contributed by atoms with van der Waals surface area (Å²) in [5.74, 6) is 1.23. The zero-order valence-electron chi connectivity index (χ0n) is 17.8. The molecule has 4 atom stereocenters. The van der Waals surface area contributed by atoms with Crippen molar-refractivity contribution in [3.05, 3.63) is 49.0 Å². The Bertz CT molecular complexity index is 1060. The van der Waals surface area contributed by atoms with Gasteiger partial charge in [-0.15, -0.1) is 0 Å². The van der Waals surface area contributed by atoms with E-state index < -0.39 is 12.2 Å². The third-order valence-corrected chi connectivity index (χ3v) is 5.83. The average Bonchev–Trinajstić information content (AvgIpc) is 3.25. The summed E-state index contributed by atoms with van der Waals surface area (Å²) in [6.45, 7) is 10.4. The predicted molar refractivity (Wildman–Crippen MR) is 117 cm³/mol. The van der Waals surface area contributed by atoms with Crippen molar-refractivity contribution < 1.29 is 14.9 Å². The number of aliphatic hydroxyl groups excluding tert-OH is 2. The third-order valence-electron chi connectivity index (χ3n) is 5.83. The maximum absolute atomic E-state index is 10.3. The van der Waals surface area contributed by atoms with Gasteiger partial charge in [0.1, 0.15) is 17.7 Å². The number of nitrogens with zero attached hydrogens (tertiary/aromatic N) is 3. The van der Waals surface area contributed by atoms with E-state index in [1.807, 2.05) is 18.2 Å². The van der Waals surface area contributed by atoms with Crippen LogP contribution in [0.15, 0.2) is 36.5 Å². The zero-order valence-corrected chi connectivity index (χ0v) is 17.8. The van der Waals surface area contributed by atoms with Gasteiger partial charge in [0.05, 0.1) is 24.9 Å². The van der Waals surface area contributed by atoms with E-state index in [2.05, 4.69) is 50.1 Å². The summed E-state index contributed by atoms with van der Waals surface area (Å²) in [5.41, 5.74) is 3.51. The molecule has 7 nitrogen and oxygen atoms in total. The van der Waals surface area contributed by atoms with E-state index >= 15 is 0 Å². The summed E-state index contributed by atoms with van der Waals surface area (Å²) in [6.07, 6.45) is 0.555. The van der Waals surface area contributed by atoms with Crippen LogP contribution in [0.25, 0.3) is 16.9 Å². The Labute approximate surface area is 176 Å². The normalized spacial score (nSPS) is 24.4. The number of ether oxygens (including phenoxy) is 1. The van der Waals surface area contributed by atoms with E-state index in [1.54, 1.807) is 17.8 Å². The molecule has 0 spiro atoms. The Kier molecular flexibility index (Phi) is 5.20. The maximum Gasteiger partial charge on any atom is 0.157 e. The van der Waals surface area contributed by atoms with Crippen molar-refractivity contribution in [3.63, 3.8) is 0 Å². The minimum Gasteiger partial charge on any atom is -0.496 e. The highest BCUT2D eigenvalue weighted by molar-refractivity contribution is 5.72.